The van der Waals surface area contributed by atoms with Crippen molar-refractivity contribution in [3.63, 3.8) is 0 Å². The van der Waals surface area contributed by atoms with Gasteiger partial charge < -0.3 is 10.1 Å². The van der Waals surface area contributed by atoms with E-state index in [9.17, 15) is 13.2 Å². The molecule has 0 spiro atoms. The highest BCUT2D eigenvalue weighted by molar-refractivity contribution is 7.89. The first-order chi connectivity index (χ1) is 14.4. The average molecular weight is 453 g/mol. The van der Waals surface area contributed by atoms with E-state index >= 15 is 0 Å². The summed E-state index contributed by atoms with van der Waals surface area (Å²) in [4.78, 5) is 12.8. The number of nitrogens with zero attached hydrogens (tertiary/aromatic N) is 3. The fourth-order valence-electron chi connectivity index (χ4n) is 3.54. The molecule has 2 aliphatic rings. The molecular weight excluding hydrogens is 428 g/mol. The van der Waals surface area contributed by atoms with Gasteiger partial charge in [0.15, 0.2) is 0 Å². The van der Waals surface area contributed by atoms with E-state index in [0.29, 0.717) is 36.9 Å². The molecule has 1 aliphatic heterocycles. The SMILES string of the molecule is Cc1ccc(-n2ncc(C(=O)NCCS(=O)(=O)N3CCOCC3)c2C2CC2)cc1Cl. The molecule has 0 unspecified atom stereocenters. The Morgan fingerprint density at radius 3 is 2.70 bits per heavy atom. The minimum absolute atomic E-state index is 0.0458. The molecule has 162 valence electrons. The fraction of sp³-hybridized carbons (Fsp3) is 0.500. The second kappa shape index (κ2) is 8.66. The van der Waals surface area contributed by atoms with Crippen LogP contribution in [0.1, 0.15) is 40.4 Å². The molecule has 4 rings (SSSR count). The molecule has 0 radical (unpaired) electrons. The van der Waals surface area contributed by atoms with Crippen LogP contribution in [0.3, 0.4) is 0 Å². The number of carbonyl (C=O) groups excluding carboxylic acids is 1. The minimum Gasteiger partial charge on any atom is -0.379 e. The van der Waals surface area contributed by atoms with Crippen LogP contribution in [0.2, 0.25) is 5.02 Å². The third kappa shape index (κ3) is 4.54. The molecule has 8 nitrogen and oxygen atoms in total. The van der Waals surface area contributed by atoms with Gasteiger partial charge in [0.25, 0.3) is 5.91 Å². The van der Waals surface area contributed by atoms with Crippen LogP contribution in [0.15, 0.2) is 24.4 Å². The van der Waals surface area contributed by atoms with Gasteiger partial charge in [-0.15, -0.1) is 0 Å². The molecule has 1 aromatic heterocycles. The van der Waals surface area contributed by atoms with Crippen LogP contribution in [-0.4, -0.2) is 67.0 Å². The standard InChI is InChI=1S/C20H25ClN4O4S/c1-14-2-5-16(12-18(14)21)25-19(15-3-4-15)17(13-23-25)20(26)22-6-11-30(27,28)24-7-9-29-10-8-24/h2,5,12-13,15H,3-4,6-11H2,1H3,(H,22,26). The largest absolute Gasteiger partial charge is 0.379 e. The number of ether oxygens (including phenoxy) is 1. The molecule has 1 amide bonds. The lowest BCUT2D eigenvalue weighted by Gasteiger charge is -2.26. The highest BCUT2D eigenvalue weighted by Crippen LogP contribution is 2.42. The maximum absolute atomic E-state index is 12.8. The van der Waals surface area contributed by atoms with E-state index in [1.807, 2.05) is 25.1 Å². The minimum atomic E-state index is -3.42. The lowest BCUT2D eigenvalue weighted by atomic mass is 10.1. The molecule has 1 N–H and O–H groups in total. The van der Waals surface area contributed by atoms with Gasteiger partial charge in [0.05, 0.1) is 42.1 Å². The van der Waals surface area contributed by atoms with Gasteiger partial charge >= 0.3 is 0 Å². The molecule has 1 aromatic carbocycles. The molecular formula is C20H25ClN4O4S. The predicted octanol–water partition coefficient (Wildman–Crippen LogP) is 2.10. The van der Waals surface area contributed by atoms with Crippen LogP contribution < -0.4 is 5.32 Å². The van der Waals surface area contributed by atoms with Crippen molar-refractivity contribution in [3.8, 4) is 5.69 Å². The Bertz CT molecular complexity index is 1040. The molecule has 1 saturated carbocycles. The Hall–Kier alpha value is -1.94. The van der Waals surface area contributed by atoms with E-state index in [4.69, 9.17) is 16.3 Å². The zero-order valence-corrected chi connectivity index (χ0v) is 18.4. The highest BCUT2D eigenvalue weighted by Gasteiger charge is 2.33. The van der Waals surface area contributed by atoms with Gasteiger partial charge in [0.2, 0.25) is 10.0 Å². The van der Waals surface area contributed by atoms with Crippen molar-refractivity contribution in [1.82, 2.24) is 19.4 Å². The molecule has 1 aliphatic carbocycles. The number of sulfonamides is 1. The number of nitrogens with one attached hydrogen (secondary N) is 1. The van der Waals surface area contributed by atoms with Gasteiger partial charge in [-0.3, -0.25) is 4.79 Å². The summed E-state index contributed by atoms with van der Waals surface area (Å²) in [6.07, 6.45) is 3.54. The molecule has 2 heterocycles. The third-order valence-electron chi connectivity index (χ3n) is 5.42. The Balaban J connectivity index is 1.46. The molecule has 2 fully saturated rings. The normalized spacial score (nSPS) is 17.8. The summed E-state index contributed by atoms with van der Waals surface area (Å²) in [6.45, 7) is 3.49. The Labute approximate surface area is 181 Å². The van der Waals surface area contributed by atoms with E-state index in [-0.39, 0.29) is 24.1 Å². The van der Waals surface area contributed by atoms with Crippen molar-refractivity contribution >= 4 is 27.5 Å². The number of rotatable bonds is 7. The third-order valence-corrected chi connectivity index (χ3v) is 7.70. The summed E-state index contributed by atoms with van der Waals surface area (Å²) < 4.78 is 33.2. The zero-order chi connectivity index (χ0) is 21.3. The summed E-state index contributed by atoms with van der Waals surface area (Å²) >= 11 is 6.27. The first-order valence-electron chi connectivity index (χ1n) is 10.0. The van der Waals surface area contributed by atoms with E-state index in [0.717, 1.165) is 29.8 Å². The first kappa shape index (κ1) is 21.3. The van der Waals surface area contributed by atoms with Crippen LogP contribution in [0.5, 0.6) is 0 Å². The second-order valence-electron chi connectivity index (χ2n) is 7.65. The number of hydrogen-bond donors (Lipinski definition) is 1. The molecule has 30 heavy (non-hydrogen) atoms. The quantitative estimate of drug-likeness (QED) is 0.694. The number of halogens is 1. The predicted molar refractivity (Wildman–Crippen MR) is 114 cm³/mol. The summed E-state index contributed by atoms with van der Waals surface area (Å²) in [5.41, 5.74) is 3.11. The maximum Gasteiger partial charge on any atom is 0.254 e. The van der Waals surface area contributed by atoms with Crippen LogP contribution in [0.25, 0.3) is 5.69 Å². The maximum atomic E-state index is 12.8. The van der Waals surface area contributed by atoms with E-state index < -0.39 is 10.0 Å². The van der Waals surface area contributed by atoms with Crippen molar-refractivity contribution in [2.75, 3.05) is 38.6 Å². The van der Waals surface area contributed by atoms with Gasteiger partial charge in [0.1, 0.15) is 0 Å². The monoisotopic (exact) mass is 452 g/mol. The highest BCUT2D eigenvalue weighted by atomic mass is 35.5. The van der Waals surface area contributed by atoms with E-state index in [2.05, 4.69) is 10.4 Å². The Morgan fingerprint density at radius 2 is 2.03 bits per heavy atom. The lowest BCUT2D eigenvalue weighted by Crippen LogP contribution is -2.43. The summed E-state index contributed by atoms with van der Waals surface area (Å²) in [6, 6.07) is 5.69. The van der Waals surface area contributed by atoms with Crippen molar-refractivity contribution < 1.29 is 17.9 Å². The smallest absolute Gasteiger partial charge is 0.254 e. The van der Waals surface area contributed by atoms with Crippen LogP contribution in [-0.2, 0) is 14.8 Å². The van der Waals surface area contributed by atoms with Crippen molar-refractivity contribution in [2.24, 2.45) is 0 Å². The van der Waals surface area contributed by atoms with E-state index in [1.165, 1.54) is 4.31 Å². The number of morpholine rings is 1. The number of benzene rings is 1. The van der Waals surface area contributed by atoms with Crippen LogP contribution >= 0.6 is 11.6 Å². The van der Waals surface area contributed by atoms with Crippen LogP contribution in [0.4, 0.5) is 0 Å². The van der Waals surface area contributed by atoms with E-state index in [1.54, 1.807) is 10.9 Å². The van der Waals surface area contributed by atoms with Crippen molar-refractivity contribution in [3.05, 3.63) is 46.2 Å². The topological polar surface area (TPSA) is 93.5 Å². The average Bonchev–Trinajstić information content (AvgIpc) is 3.48. The second-order valence-corrected chi connectivity index (χ2v) is 10.1. The first-order valence-corrected chi connectivity index (χ1v) is 12.0. The Morgan fingerprint density at radius 1 is 1.30 bits per heavy atom. The van der Waals surface area contributed by atoms with Crippen LogP contribution in [0, 0.1) is 6.92 Å². The summed E-state index contributed by atoms with van der Waals surface area (Å²) in [7, 11) is -3.42. The number of aromatic nitrogens is 2. The van der Waals surface area contributed by atoms with Crippen molar-refractivity contribution in [1.29, 1.82) is 0 Å². The van der Waals surface area contributed by atoms with Crippen molar-refractivity contribution in [2.45, 2.75) is 25.7 Å². The Kier molecular flexibility index (Phi) is 6.15. The fourth-order valence-corrected chi connectivity index (χ4v) is 5.04. The van der Waals surface area contributed by atoms with Gasteiger partial charge in [-0.2, -0.15) is 9.40 Å². The molecule has 1 saturated heterocycles. The zero-order valence-electron chi connectivity index (χ0n) is 16.8. The van der Waals surface area contributed by atoms with Gasteiger partial charge in [-0.05, 0) is 37.5 Å². The molecule has 0 atom stereocenters. The summed E-state index contributed by atoms with van der Waals surface area (Å²) in [5, 5.41) is 7.82. The number of hydrogen-bond acceptors (Lipinski definition) is 5. The van der Waals surface area contributed by atoms with Gasteiger partial charge in [-0.25, -0.2) is 13.1 Å². The van der Waals surface area contributed by atoms with Gasteiger partial charge in [0, 0.05) is 30.6 Å². The molecule has 0 bridgehead atoms. The number of carbonyl (C=O) groups is 1. The number of aryl methyl sites for hydroxylation is 1. The van der Waals surface area contributed by atoms with Gasteiger partial charge in [-0.1, -0.05) is 17.7 Å². The molecule has 2 aromatic rings. The molecule has 10 heteroatoms. The summed E-state index contributed by atoms with van der Waals surface area (Å²) in [5.74, 6) is -0.178. The number of amides is 1. The lowest BCUT2D eigenvalue weighted by molar-refractivity contribution is 0.0730.